The smallest absolute Gasteiger partial charge is 0.258 e. The lowest BCUT2D eigenvalue weighted by atomic mass is 10.1. The van der Waals surface area contributed by atoms with Crippen molar-refractivity contribution in [2.45, 2.75) is 13.5 Å². The van der Waals surface area contributed by atoms with Crippen molar-refractivity contribution >= 4 is 17.5 Å². The Morgan fingerprint density at radius 3 is 2.46 bits per heavy atom. The van der Waals surface area contributed by atoms with Gasteiger partial charge in [0.25, 0.3) is 5.91 Å². The third-order valence-electron chi connectivity index (χ3n) is 4.49. The first-order valence-electron chi connectivity index (χ1n) is 8.06. The number of rotatable bonds is 3. The highest BCUT2D eigenvalue weighted by Gasteiger charge is 2.25. The largest absolute Gasteiger partial charge is 0.336 e. The summed E-state index contributed by atoms with van der Waals surface area (Å²) >= 11 is 6.00. The summed E-state index contributed by atoms with van der Waals surface area (Å²) in [6.45, 7) is 5.67. The SMILES string of the molecule is Cc1ccccc1CN1CCN(C(=O)c2c(F)cccc2Cl)CC1. The van der Waals surface area contributed by atoms with Crippen molar-refractivity contribution < 1.29 is 9.18 Å². The van der Waals surface area contributed by atoms with E-state index in [-0.39, 0.29) is 16.5 Å². The summed E-state index contributed by atoms with van der Waals surface area (Å²) in [4.78, 5) is 16.5. The molecule has 0 saturated carbocycles. The van der Waals surface area contributed by atoms with Gasteiger partial charge in [-0.25, -0.2) is 4.39 Å². The highest BCUT2D eigenvalue weighted by Crippen LogP contribution is 2.22. The topological polar surface area (TPSA) is 23.6 Å². The van der Waals surface area contributed by atoms with Crippen molar-refractivity contribution in [2.24, 2.45) is 0 Å². The average molecular weight is 347 g/mol. The van der Waals surface area contributed by atoms with Crippen LogP contribution in [0.2, 0.25) is 5.02 Å². The van der Waals surface area contributed by atoms with Crippen LogP contribution in [-0.2, 0) is 6.54 Å². The Hall–Kier alpha value is -1.91. The van der Waals surface area contributed by atoms with Gasteiger partial charge in [0.15, 0.2) is 0 Å². The molecular weight excluding hydrogens is 327 g/mol. The number of piperazine rings is 1. The fraction of sp³-hybridized carbons (Fsp3) is 0.316. The van der Waals surface area contributed by atoms with Gasteiger partial charge in [-0.1, -0.05) is 41.9 Å². The van der Waals surface area contributed by atoms with Crippen LogP contribution in [0.3, 0.4) is 0 Å². The van der Waals surface area contributed by atoms with Crippen molar-refractivity contribution in [3.8, 4) is 0 Å². The van der Waals surface area contributed by atoms with Crippen LogP contribution in [-0.4, -0.2) is 41.9 Å². The van der Waals surface area contributed by atoms with Crippen LogP contribution in [0, 0.1) is 12.7 Å². The summed E-state index contributed by atoms with van der Waals surface area (Å²) in [7, 11) is 0. The first-order chi connectivity index (χ1) is 11.6. The lowest BCUT2D eigenvalue weighted by molar-refractivity contribution is 0.0624. The van der Waals surface area contributed by atoms with Gasteiger partial charge >= 0.3 is 0 Å². The van der Waals surface area contributed by atoms with Gasteiger partial charge in [0.1, 0.15) is 5.82 Å². The number of hydrogen-bond donors (Lipinski definition) is 0. The van der Waals surface area contributed by atoms with Crippen molar-refractivity contribution in [3.63, 3.8) is 0 Å². The normalized spacial score (nSPS) is 15.5. The quantitative estimate of drug-likeness (QED) is 0.845. The number of amides is 1. The van der Waals surface area contributed by atoms with Crippen LogP contribution in [0.5, 0.6) is 0 Å². The van der Waals surface area contributed by atoms with Crippen LogP contribution in [0.4, 0.5) is 4.39 Å². The third-order valence-corrected chi connectivity index (χ3v) is 4.81. The summed E-state index contributed by atoms with van der Waals surface area (Å²) in [5.41, 5.74) is 2.55. The molecule has 0 unspecified atom stereocenters. The summed E-state index contributed by atoms with van der Waals surface area (Å²) in [6, 6.07) is 12.6. The Bertz CT molecular complexity index is 722. The fourth-order valence-corrected chi connectivity index (χ4v) is 3.24. The van der Waals surface area contributed by atoms with Crippen molar-refractivity contribution in [1.82, 2.24) is 9.80 Å². The van der Waals surface area contributed by atoms with Crippen LogP contribution in [0.1, 0.15) is 21.5 Å². The predicted molar refractivity (Wildman–Crippen MR) is 93.8 cm³/mol. The Kier molecular flexibility index (Phi) is 5.17. The van der Waals surface area contributed by atoms with E-state index in [1.807, 2.05) is 12.1 Å². The maximum Gasteiger partial charge on any atom is 0.258 e. The first kappa shape index (κ1) is 16.9. The number of carbonyl (C=O) groups is 1. The molecule has 0 bridgehead atoms. The lowest BCUT2D eigenvalue weighted by Crippen LogP contribution is -2.48. The zero-order valence-electron chi connectivity index (χ0n) is 13.6. The van der Waals surface area contributed by atoms with Crippen molar-refractivity contribution in [1.29, 1.82) is 0 Å². The molecule has 0 radical (unpaired) electrons. The van der Waals surface area contributed by atoms with E-state index in [4.69, 9.17) is 11.6 Å². The van der Waals surface area contributed by atoms with E-state index < -0.39 is 5.82 Å². The molecular formula is C19H20ClFN2O. The first-order valence-corrected chi connectivity index (χ1v) is 8.44. The summed E-state index contributed by atoms with van der Waals surface area (Å²) < 4.78 is 13.9. The van der Waals surface area contributed by atoms with Crippen LogP contribution in [0.25, 0.3) is 0 Å². The third kappa shape index (κ3) is 3.60. The zero-order chi connectivity index (χ0) is 17.1. The van der Waals surface area contributed by atoms with Crippen LogP contribution < -0.4 is 0 Å². The molecule has 24 heavy (non-hydrogen) atoms. The molecule has 1 fully saturated rings. The van der Waals surface area contributed by atoms with Crippen LogP contribution >= 0.6 is 11.6 Å². The van der Waals surface area contributed by atoms with Gasteiger partial charge in [-0.05, 0) is 30.2 Å². The number of aryl methyl sites for hydroxylation is 1. The molecule has 2 aromatic carbocycles. The second-order valence-corrected chi connectivity index (χ2v) is 6.50. The number of benzene rings is 2. The van der Waals surface area contributed by atoms with Crippen molar-refractivity contribution in [3.05, 3.63) is 70.0 Å². The van der Waals surface area contributed by atoms with E-state index >= 15 is 0 Å². The van der Waals surface area contributed by atoms with E-state index in [2.05, 4.69) is 24.0 Å². The molecule has 5 heteroatoms. The predicted octanol–water partition coefficient (Wildman–Crippen LogP) is 3.75. The molecule has 1 amide bonds. The number of nitrogens with zero attached hydrogens (tertiary/aromatic N) is 2. The molecule has 2 aromatic rings. The molecule has 0 spiro atoms. The zero-order valence-corrected chi connectivity index (χ0v) is 14.4. The highest BCUT2D eigenvalue weighted by molar-refractivity contribution is 6.33. The van der Waals surface area contributed by atoms with Crippen LogP contribution in [0.15, 0.2) is 42.5 Å². The molecule has 0 aliphatic carbocycles. The molecule has 3 nitrogen and oxygen atoms in total. The standard InChI is InChI=1S/C19H20ClFN2O/c1-14-5-2-3-6-15(14)13-22-9-11-23(12-10-22)19(24)18-16(20)7-4-8-17(18)21/h2-8H,9-13H2,1H3. The molecule has 1 aliphatic heterocycles. The number of carbonyl (C=O) groups excluding carboxylic acids is 1. The monoisotopic (exact) mass is 346 g/mol. The van der Waals surface area contributed by atoms with E-state index in [0.717, 1.165) is 19.6 Å². The molecule has 126 valence electrons. The van der Waals surface area contributed by atoms with E-state index in [0.29, 0.717) is 13.1 Å². The van der Waals surface area contributed by atoms with Crippen molar-refractivity contribution in [2.75, 3.05) is 26.2 Å². The van der Waals surface area contributed by atoms with Gasteiger partial charge in [0, 0.05) is 32.7 Å². The molecule has 0 aromatic heterocycles. The van der Waals surface area contributed by atoms with Gasteiger partial charge in [0.05, 0.1) is 10.6 Å². The minimum Gasteiger partial charge on any atom is -0.336 e. The Labute approximate surface area is 146 Å². The highest BCUT2D eigenvalue weighted by atomic mass is 35.5. The minimum atomic E-state index is -0.560. The number of hydrogen-bond acceptors (Lipinski definition) is 2. The molecule has 1 heterocycles. The molecule has 3 rings (SSSR count). The minimum absolute atomic E-state index is 0.0217. The van der Waals surface area contributed by atoms with Gasteiger partial charge in [-0.3, -0.25) is 9.69 Å². The molecule has 1 aliphatic rings. The second-order valence-electron chi connectivity index (χ2n) is 6.09. The van der Waals surface area contributed by atoms with E-state index in [1.165, 1.54) is 23.3 Å². The maximum atomic E-state index is 13.9. The van der Waals surface area contributed by atoms with Gasteiger partial charge < -0.3 is 4.90 Å². The van der Waals surface area contributed by atoms with E-state index in [1.54, 1.807) is 11.0 Å². The maximum absolute atomic E-state index is 13.9. The Morgan fingerprint density at radius 2 is 1.79 bits per heavy atom. The Morgan fingerprint density at radius 1 is 1.08 bits per heavy atom. The second kappa shape index (κ2) is 7.32. The summed E-state index contributed by atoms with van der Waals surface area (Å²) in [5, 5.41) is 0.169. The number of halogens is 2. The molecule has 0 N–H and O–H groups in total. The van der Waals surface area contributed by atoms with Gasteiger partial charge in [0.2, 0.25) is 0 Å². The van der Waals surface area contributed by atoms with E-state index in [9.17, 15) is 9.18 Å². The molecule has 0 atom stereocenters. The summed E-state index contributed by atoms with van der Waals surface area (Å²) in [5.74, 6) is -0.886. The average Bonchev–Trinajstić information content (AvgIpc) is 2.57. The van der Waals surface area contributed by atoms with Gasteiger partial charge in [-0.2, -0.15) is 0 Å². The lowest BCUT2D eigenvalue weighted by Gasteiger charge is -2.35. The summed E-state index contributed by atoms with van der Waals surface area (Å²) in [6.07, 6.45) is 0. The van der Waals surface area contributed by atoms with Gasteiger partial charge in [-0.15, -0.1) is 0 Å². The fourth-order valence-electron chi connectivity index (χ4n) is 3.00. The Balaban J connectivity index is 1.63. The molecule has 1 saturated heterocycles.